The second-order valence-electron chi connectivity index (χ2n) is 4.88. The minimum absolute atomic E-state index is 0.0845. The molecule has 0 aliphatic carbocycles. The molecule has 0 fully saturated rings. The first kappa shape index (κ1) is 18.1. The molecule has 1 N–H and O–H groups in total. The molecule has 2 aromatic rings. The molecule has 0 aromatic heterocycles. The molecule has 0 radical (unpaired) electrons. The maximum atomic E-state index is 12.5. The van der Waals surface area contributed by atoms with E-state index in [1.54, 1.807) is 30.3 Å². The molecule has 7 heteroatoms. The summed E-state index contributed by atoms with van der Waals surface area (Å²) >= 11 is 0. The summed E-state index contributed by atoms with van der Waals surface area (Å²) in [4.78, 5) is 24.7. The molecule has 0 saturated carbocycles. The van der Waals surface area contributed by atoms with Crippen LogP contribution in [-0.2, 0) is 4.74 Å². The van der Waals surface area contributed by atoms with Gasteiger partial charge in [-0.25, -0.2) is 4.79 Å². The quantitative estimate of drug-likeness (QED) is 0.811. The lowest BCUT2D eigenvalue weighted by Gasteiger charge is -2.19. The van der Waals surface area contributed by atoms with Gasteiger partial charge in [0.15, 0.2) is 11.5 Å². The van der Waals surface area contributed by atoms with Gasteiger partial charge in [0, 0.05) is 11.6 Å². The van der Waals surface area contributed by atoms with Crippen LogP contribution < -0.4 is 19.5 Å². The highest BCUT2D eigenvalue weighted by Gasteiger charge is 2.26. The number of benzene rings is 2. The Labute approximate surface area is 145 Å². The molecule has 132 valence electrons. The molecule has 0 spiro atoms. The van der Waals surface area contributed by atoms with E-state index in [-0.39, 0.29) is 28.5 Å². The number of methoxy groups -OCH3 is 4. The predicted octanol–water partition coefficient (Wildman–Crippen LogP) is 2.75. The number of carbonyl (C=O) groups excluding carboxylic acids is 2. The molecule has 0 bridgehead atoms. The summed E-state index contributed by atoms with van der Waals surface area (Å²) in [6, 6.07) is 10.0. The third-order valence-corrected chi connectivity index (χ3v) is 3.51. The summed E-state index contributed by atoms with van der Waals surface area (Å²) in [5.74, 6) is -0.371. The number of amides is 1. The number of hydrogen-bond donors (Lipinski definition) is 1. The number of esters is 1. The largest absolute Gasteiger partial charge is 0.493 e. The first-order valence-corrected chi connectivity index (χ1v) is 7.35. The first-order chi connectivity index (χ1) is 12.1. The predicted molar refractivity (Wildman–Crippen MR) is 91.8 cm³/mol. The van der Waals surface area contributed by atoms with E-state index in [9.17, 15) is 9.59 Å². The summed E-state index contributed by atoms with van der Waals surface area (Å²) in [6.07, 6.45) is 0. The topological polar surface area (TPSA) is 83.1 Å². The van der Waals surface area contributed by atoms with E-state index in [0.717, 1.165) is 0 Å². The summed E-state index contributed by atoms with van der Waals surface area (Å²) in [7, 11) is 5.51. The van der Waals surface area contributed by atoms with Gasteiger partial charge < -0.3 is 24.3 Å². The lowest BCUT2D eigenvalue weighted by Crippen LogP contribution is -2.17. The van der Waals surface area contributed by atoms with E-state index >= 15 is 0 Å². The van der Waals surface area contributed by atoms with Gasteiger partial charge in [0.1, 0.15) is 5.69 Å². The molecule has 0 atom stereocenters. The number of ether oxygens (including phenoxy) is 4. The second-order valence-corrected chi connectivity index (χ2v) is 4.88. The minimum atomic E-state index is -0.650. The maximum absolute atomic E-state index is 12.5. The highest BCUT2D eigenvalue weighted by atomic mass is 16.5. The summed E-state index contributed by atoms with van der Waals surface area (Å²) in [6.45, 7) is 0. The van der Waals surface area contributed by atoms with Gasteiger partial charge in [-0.2, -0.15) is 0 Å². The number of rotatable bonds is 6. The Kier molecular flexibility index (Phi) is 5.84. The zero-order chi connectivity index (χ0) is 18.4. The van der Waals surface area contributed by atoms with Crippen molar-refractivity contribution in [1.29, 1.82) is 0 Å². The molecule has 0 unspecified atom stereocenters. The van der Waals surface area contributed by atoms with Crippen LogP contribution in [0.2, 0.25) is 0 Å². The number of nitrogens with one attached hydrogen (secondary N) is 1. The van der Waals surface area contributed by atoms with Crippen molar-refractivity contribution < 1.29 is 28.5 Å². The van der Waals surface area contributed by atoms with Gasteiger partial charge in [-0.15, -0.1) is 0 Å². The molecule has 25 heavy (non-hydrogen) atoms. The number of hydrogen-bond acceptors (Lipinski definition) is 6. The Morgan fingerprint density at radius 3 is 2.04 bits per heavy atom. The fraction of sp³-hybridized carbons (Fsp3) is 0.222. The molecule has 7 nitrogen and oxygen atoms in total. The lowest BCUT2D eigenvalue weighted by molar-refractivity contribution is 0.0601. The van der Waals surface area contributed by atoms with Crippen LogP contribution in [0.4, 0.5) is 5.69 Å². The number of carbonyl (C=O) groups is 2. The Bertz CT molecular complexity index is 773. The van der Waals surface area contributed by atoms with Crippen molar-refractivity contribution in [3.8, 4) is 17.2 Å². The monoisotopic (exact) mass is 345 g/mol. The van der Waals surface area contributed by atoms with Crippen molar-refractivity contribution in [1.82, 2.24) is 0 Å². The van der Waals surface area contributed by atoms with Crippen molar-refractivity contribution in [3.05, 3.63) is 47.5 Å². The van der Waals surface area contributed by atoms with Gasteiger partial charge in [0.25, 0.3) is 5.91 Å². The molecule has 2 rings (SSSR count). The van der Waals surface area contributed by atoms with Crippen LogP contribution in [0.1, 0.15) is 20.7 Å². The van der Waals surface area contributed by atoms with Crippen LogP contribution >= 0.6 is 0 Å². The van der Waals surface area contributed by atoms with Gasteiger partial charge in [-0.3, -0.25) is 4.79 Å². The van der Waals surface area contributed by atoms with Gasteiger partial charge in [0.2, 0.25) is 5.75 Å². The molecule has 2 aromatic carbocycles. The minimum Gasteiger partial charge on any atom is -0.493 e. The van der Waals surface area contributed by atoms with Crippen LogP contribution in [0.25, 0.3) is 0 Å². The van der Waals surface area contributed by atoms with Crippen LogP contribution in [0, 0.1) is 0 Å². The Balaban J connectivity index is 2.60. The second kappa shape index (κ2) is 8.05. The van der Waals surface area contributed by atoms with Crippen molar-refractivity contribution in [2.75, 3.05) is 33.8 Å². The lowest BCUT2D eigenvalue weighted by atomic mass is 10.1. The SMILES string of the molecule is COC(=O)c1cc(OC)c(OC)c(OC)c1NC(=O)c1ccccc1. The van der Waals surface area contributed by atoms with E-state index in [1.165, 1.54) is 34.5 Å². The Morgan fingerprint density at radius 1 is 0.880 bits per heavy atom. The van der Waals surface area contributed by atoms with Crippen LogP contribution in [0.3, 0.4) is 0 Å². The molecule has 0 saturated heterocycles. The normalized spacial score (nSPS) is 9.92. The highest BCUT2D eigenvalue weighted by molar-refractivity contribution is 6.10. The fourth-order valence-corrected chi connectivity index (χ4v) is 2.33. The zero-order valence-corrected chi connectivity index (χ0v) is 14.4. The van der Waals surface area contributed by atoms with Crippen molar-refractivity contribution >= 4 is 17.6 Å². The highest BCUT2D eigenvalue weighted by Crippen LogP contribution is 2.45. The summed E-state index contributed by atoms with van der Waals surface area (Å²) < 4.78 is 20.7. The van der Waals surface area contributed by atoms with Crippen LogP contribution in [-0.4, -0.2) is 40.3 Å². The third-order valence-electron chi connectivity index (χ3n) is 3.51. The van der Waals surface area contributed by atoms with E-state index in [0.29, 0.717) is 5.56 Å². The summed E-state index contributed by atoms with van der Waals surface area (Å²) in [5.41, 5.74) is 0.650. The van der Waals surface area contributed by atoms with Gasteiger partial charge in [0.05, 0.1) is 34.0 Å². The first-order valence-electron chi connectivity index (χ1n) is 7.35. The van der Waals surface area contributed by atoms with E-state index in [2.05, 4.69) is 5.32 Å². The standard InChI is InChI=1S/C18H19NO6/c1-22-13-10-12(18(21)25-4)14(16(24-3)15(13)23-2)19-17(20)11-8-6-5-7-9-11/h5-10H,1-4H3,(H,19,20). The van der Waals surface area contributed by atoms with Crippen LogP contribution in [0.15, 0.2) is 36.4 Å². The van der Waals surface area contributed by atoms with Crippen LogP contribution in [0.5, 0.6) is 17.2 Å². The molecule has 0 aliphatic heterocycles. The fourth-order valence-electron chi connectivity index (χ4n) is 2.33. The Morgan fingerprint density at radius 2 is 1.52 bits per heavy atom. The smallest absolute Gasteiger partial charge is 0.340 e. The number of anilines is 1. The van der Waals surface area contributed by atoms with E-state index in [4.69, 9.17) is 18.9 Å². The molecular weight excluding hydrogens is 326 g/mol. The molecule has 1 amide bonds. The Hall–Kier alpha value is -3.22. The molecule has 0 aliphatic rings. The van der Waals surface area contributed by atoms with E-state index in [1.807, 2.05) is 0 Å². The van der Waals surface area contributed by atoms with E-state index < -0.39 is 11.9 Å². The average molecular weight is 345 g/mol. The van der Waals surface area contributed by atoms with Crippen molar-refractivity contribution in [3.63, 3.8) is 0 Å². The third kappa shape index (κ3) is 3.65. The maximum Gasteiger partial charge on any atom is 0.340 e. The molecule has 0 heterocycles. The van der Waals surface area contributed by atoms with Gasteiger partial charge in [-0.05, 0) is 12.1 Å². The van der Waals surface area contributed by atoms with Gasteiger partial charge >= 0.3 is 5.97 Å². The summed E-state index contributed by atoms with van der Waals surface area (Å²) in [5, 5.41) is 2.69. The zero-order valence-electron chi connectivity index (χ0n) is 14.4. The van der Waals surface area contributed by atoms with Crippen molar-refractivity contribution in [2.45, 2.75) is 0 Å². The average Bonchev–Trinajstić information content (AvgIpc) is 2.67. The van der Waals surface area contributed by atoms with Crippen molar-refractivity contribution in [2.24, 2.45) is 0 Å². The molecular formula is C18H19NO6. The van der Waals surface area contributed by atoms with Gasteiger partial charge in [-0.1, -0.05) is 18.2 Å².